The van der Waals surface area contributed by atoms with Crippen LogP contribution in [-0.2, 0) is 9.59 Å². The second-order valence-electron chi connectivity index (χ2n) is 3.06. The molecule has 1 amide bonds. The molecule has 0 aromatic heterocycles. The van der Waals surface area contributed by atoms with E-state index in [1.165, 1.54) is 0 Å². The summed E-state index contributed by atoms with van der Waals surface area (Å²) in [6.45, 7) is 5.07. The lowest BCUT2D eigenvalue weighted by Gasteiger charge is -2.18. The van der Waals surface area contributed by atoms with Gasteiger partial charge in [-0.15, -0.1) is 0 Å². The number of amides is 1. The van der Waals surface area contributed by atoms with Crippen LogP contribution >= 0.6 is 0 Å². The van der Waals surface area contributed by atoms with Gasteiger partial charge in [-0.3, -0.25) is 14.5 Å². The molecule has 5 heteroatoms. The van der Waals surface area contributed by atoms with Gasteiger partial charge in [-0.1, -0.05) is 6.92 Å². The van der Waals surface area contributed by atoms with Crippen LogP contribution in [0.2, 0.25) is 0 Å². The molecule has 0 aromatic rings. The Morgan fingerprint density at radius 3 is 2.36 bits per heavy atom. The van der Waals surface area contributed by atoms with E-state index in [1.54, 1.807) is 4.90 Å². The number of carboxylic acids is 1. The van der Waals surface area contributed by atoms with Gasteiger partial charge in [0.25, 0.3) is 0 Å². The molecule has 0 aliphatic carbocycles. The van der Waals surface area contributed by atoms with Gasteiger partial charge in [0.2, 0.25) is 5.91 Å². The standard InChI is InChI=1S/C9H18N2O3/c1-3-5-11(7-9(13)14)6-8(12)10-4-2/h3-7H2,1-2H3,(H,10,12)(H,13,14). The molecule has 0 aliphatic rings. The van der Waals surface area contributed by atoms with E-state index in [-0.39, 0.29) is 19.0 Å². The SMILES string of the molecule is CCCN(CC(=O)O)CC(=O)NCC. The number of carbonyl (C=O) groups excluding carboxylic acids is 1. The van der Waals surface area contributed by atoms with Crippen LogP contribution in [0.5, 0.6) is 0 Å². The zero-order valence-electron chi connectivity index (χ0n) is 8.75. The Morgan fingerprint density at radius 2 is 1.93 bits per heavy atom. The Hall–Kier alpha value is -1.10. The van der Waals surface area contributed by atoms with Crippen LogP contribution in [0.1, 0.15) is 20.3 Å². The first-order valence-electron chi connectivity index (χ1n) is 4.81. The number of nitrogens with one attached hydrogen (secondary N) is 1. The summed E-state index contributed by atoms with van der Waals surface area (Å²) >= 11 is 0. The Kier molecular flexibility index (Phi) is 6.74. The lowest BCUT2D eigenvalue weighted by Crippen LogP contribution is -2.40. The maximum absolute atomic E-state index is 11.2. The Balaban J connectivity index is 3.94. The lowest BCUT2D eigenvalue weighted by molar-refractivity contribution is -0.138. The van der Waals surface area contributed by atoms with E-state index < -0.39 is 5.97 Å². The van der Waals surface area contributed by atoms with Crippen molar-refractivity contribution in [1.29, 1.82) is 0 Å². The van der Waals surface area contributed by atoms with Crippen molar-refractivity contribution in [2.75, 3.05) is 26.2 Å². The fourth-order valence-electron chi connectivity index (χ4n) is 1.18. The van der Waals surface area contributed by atoms with Gasteiger partial charge in [-0.25, -0.2) is 0 Å². The van der Waals surface area contributed by atoms with E-state index >= 15 is 0 Å². The molecule has 0 fully saturated rings. The first kappa shape index (κ1) is 12.9. The number of aliphatic carboxylic acids is 1. The molecule has 0 unspecified atom stereocenters. The fraction of sp³-hybridized carbons (Fsp3) is 0.778. The summed E-state index contributed by atoms with van der Waals surface area (Å²) in [5.41, 5.74) is 0. The molecule has 0 rings (SSSR count). The van der Waals surface area contributed by atoms with Crippen molar-refractivity contribution in [2.45, 2.75) is 20.3 Å². The van der Waals surface area contributed by atoms with E-state index in [0.717, 1.165) is 6.42 Å². The van der Waals surface area contributed by atoms with E-state index in [1.807, 2.05) is 13.8 Å². The number of carbonyl (C=O) groups is 2. The lowest BCUT2D eigenvalue weighted by atomic mass is 10.4. The Labute approximate surface area is 84.1 Å². The van der Waals surface area contributed by atoms with Gasteiger partial charge >= 0.3 is 5.97 Å². The highest BCUT2D eigenvalue weighted by molar-refractivity contribution is 5.78. The number of likely N-dealkylation sites (N-methyl/N-ethyl adjacent to an activating group) is 1. The van der Waals surface area contributed by atoms with Crippen LogP contribution in [0.15, 0.2) is 0 Å². The maximum atomic E-state index is 11.2. The summed E-state index contributed by atoms with van der Waals surface area (Å²) in [5.74, 6) is -1.02. The second kappa shape index (κ2) is 7.32. The molecule has 14 heavy (non-hydrogen) atoms. The summed E-state index contributed by atoms with van der Waals surface area (Å²) in [6, 6.07) is 0. The molecule has 5 nitrogen and oxygen atoms in total. The first-order valence-corrected chi connectivity index (χ1v) is 4.81. The largest absolute Gasteiger partial charge is 0.480 e. The smallest absolute Gasteiger partial charge is 0.317 e. The van der Waals surface area contributed by atoms with Crippen LogP contribution in [-0.4, -0.2) is 48.1 Å². The molecule has 2 N–H and O–H groups in total. The zero-order valence-corrected chi connectivity index (χ0v) is 8.75. The van der Waals surface area contributed by atoms with Crippen molar-refractivity contribution in [1.82, 2.24) is 10.2 Å². The molecule has 0 radical (unpaired) electrons. The number of rotatable bonds is 7. The van der Waals surface area contributed by atoms with E-state index in [2.05, 4.69) is 5.32 Å². The molecule has 0 atom stereocenters. The Bertz CT molecular complexity index is 194. The molecule has 82 valence electrons. The van der Waals surface area contributed by atoms with Crippen LogP contribution in [0.25, 0.3) is 0 Å². The molecular formula is C9H18N2O3. The first-order chi connectivity index (χ1) is 6.60. The minimum atomic E-state index is -0.900. The molecule has 0 spiro atoms. The molecule has 0 heterocycles. The van der Waals surface area contributed by atoms with Gasteiger partial charge in [0, 0.05) is 6.54 Å². The van der Waals surface area contributed by atoms with Gasteiger partial charge in [0.1, 0.15) is 0 Å². The monoisotopic (exact) mass is 202 g/mol. The number of hydrogen-bond donors (Lipinski definition) is 2. The summed E-state index contributed by atoms with van der Waals surface area (Å²) < 4.78 is 0. The van der Waals surface area contributed by atoms with Gasteiger partial charge in [-0.2, -0.15) is 0 Å². The van der Waals surface area contributed by atoms with Crippen LogP contribution < -0.4 is 5.32 Å². The topological polar surface area (TPSA) is 69.6 Å². The average Bonchev–Trinajstić information content (AvgIpc) is 2.03. The quantitative estimate of drug-likeness (QED) is 0.606. The van der Waals surface area contributed by atoms with Crippen LogP contribution in [0.4, 0.5) is 0 Å². The highest BCUT2D eigenvalue weighted by Crippen LogP contribution is 1.90. The zero-order chi connectivity index (χ0) is 11.0. The predicted molar refractivity (Wildman–Crippen MR) is 53.1 cm³/mol. The highest BCUT2D eigenvalue weighted by Gasteiger charge is 2.11. The molecule has 0 aromatic carbocycles. The highest BCUT2D eigenvalue weighted by atomic mass is 16.4. The molecule has 0 aliphatic heterocycles. The van der Waals surface area contributed by atoms with E-state index in [9.17, 15) is 9.59 Å². The van der Waals surface area contributed by atoms with Gasteiger partial charge in [-0.05, 0) is 19.9 Å². The summed E-state index contributed by atoms with van der Waals surface area (Å²) in [7, 11) is 0. The number of hydrogen-bond acceptors (Lipinski definition) is 3. The van der Waals surface area contributed by atoms with Gasteiger partial charge < -0.3 is 10.4 Å². The van der Waals surface area contributed by atoms with Gasteiger partial charge in [0.05, 0.1) is 13.1 Å². The van der Waals surface area contributed by atoms with Crippen LogP contribution in [0, 0.1) is 0 Å². The average molecular weight is 202 g/mol. The Morgan fingerprint density at radius 1 is 1.29 bits per heavy atom. The molecule has 0 saturated carbocycles. The second-order valence-corrected chi connectivity index (χ2v) is 3.06. The summed E-state index contributed by atoms with van der Waals surface area (Å²) in [5, 5.41) is 11.2. The maximum Gasteiger partial charge on any atom is 0.317 e. The molecular weight excluding hydrogens is 184 g/mol. The fourth-order valence-corrected chi connectivity index (χ4v) is 1.18. The third-order valence-corrected chi connectivity index (χ3v) is 1.64. The normalized spacial score (nSPS) is 10.2. The third kappa shape index (κ3) is 6.42. The summed E-state index contributed by atoms with van der Waals surface area (Å²) in [6.07, 6.45) is 0.840. The van der Waals surface area contributed by atoms with Gasteiger partial charge in [0.15, 0.2) is 0 Å². The molecule has 0 bridgehead atoms. The van der Waals surface area contributed by atoms with Crippen LogP contribution in [0.3, 0.4) is 0 Å². The number of carboxylic acid groups (broad SMARTS) is 1. The van der Waals surface area contributed by atoms with Crippen molar-refractivity contribution < 1.29 is 14.7 Å². The van der Waals surface area contributed by atoms with E-state index in [0.29, 0.717) is 13.1 Å². The minimum absolute atomic E-state index is 0.0784. The minimum Gasteiger partial charge on any atom is -0.480 e. The van der Waals surface area contributed by atoms with Crippen molar-refractivity contribution >= 4 is 11.9 Å². The van der Waals surface area contributed by atoms with Crippen molar-refractivity contribution in [3.63, 3.8) is 0 Å². The molecule has 0 saturated heterocycles. The number of nitrogens with zero attached hydrogens (tertiary/aromatic N) is 1. The van der Waals surface area contributed by atoms with E-state index in [4.69, 9.17) is 5.11 Å². The van der Waals surface area contributed by atoms with Crippen molar-refractivity contribution in [3.8, 4) is 0 Å². The predicted octanol–water partition coefficient (Wildman–Crippen LogP) is -0.0809. The third-order valence-electron chi connectivity index (χ3n) is 1.64. The van der Waals surface area contributed by atoms with Crippen molar-refractivity contribution in [3.05, 3.63) is 0 Å². The van der Waals surface area contributed by atoms with Crippen molar-refractivity contribution in [2.24, 2.45) is 0 Å². The summed E-state index contributed by atoms with van der Waals surface area (Å²) in [4.78, 5) is 23.2.